The van der Waals surface area contributed by atoms with E-state index in [0.717, 1.165) is 6.07 Å². The van der Waals surface area contributed by atoms with Gasteiger partial charge in [0, 0.05) is 0 Å². The van der Waals surface area contributed by atoms with Crippen molar-refractivity contribution in [3.63, 3.8) is 0 Å². The Morgan fingerprint density at radius 3 is 2.70 bits per heavy atom. The van der Waals surface area contributed by atoms with Crippen molar-refractivity contribution >= 4 is 17.4 Å². The number of nitrogens with one attached hydrogen (secondary N) is 1. The minimum absolute atomic E-state index is 0.114. The van der Waals surface area contributed by atoms with Crippen molar-refractivity contribution in [3.8, 4) is 0 Å². The number of ether oxygens (including phenoxy) is 1. The van der Waals surface area contributed by atoms with Crippen LogP contribution in [0.5, 0.6) is 0 Å². The maximum atomic E-state index is 13.7. The van der Waals surface area contributed by atoms with Gasteiger partial charge in [-0.05, 0) is 32.9 Å². The number of nitrogens with two attached hydrogens (primary N) is 1. The normalized spacial score (nSPS) is 12.3. The van der Waals surface area contributed by atoms with Gasteiger partial charge >= 0.3 is 0 Å². The van der Waals surface area contributed by atoms with Gasteiger partial charge in [0.25, 0.3) is 0 Å². The number of amidine groups is 1. The number of anilines is 1. The van der Waals surface area contributed by atoms with Gasteiger partial charge in [-0.3, -0.25) is 4.79 Å². The highest BCUT2D eigenvalue weighted by Crippen LogP contribution is 2.19. The van der Waals surface area contributed by atoms with E-state index in [4.69, 9.17) is 15.7 Å². The molecule has 7 heteroatoms. The summed E-state index contributed by atoms with van der Waals surface area (Å²) in [6.45, 7) is 5.24. The SMILES string of the molecule is CC(C)(C)OCC(=O)Nc1cccc(F)c1/C(N)=N/O. The number of carbonyl (C=O) groups is 1. The molecule has 4 N–H and O–H groups in total. The van der Waals surface area contributed by atoms with E-state index in [9.17, 15) is 9.18 Å². The quantitative estimate of drug-likeness (QED) is 0.339. The Hall–Kier alpha value is -2.15. The van der Waals surface area contributed by atoms with Gasteiger partial charge in [0.1, 0.15) is 12.4 Å². The fraction of sp³-hybridized carbons (Fsp3) is 0.385. The number of carbonyl (C=O) groups excluding carboxylic acids is 1. The van der Waals surface area contributed by atoms with E-state index in [-0.39, 0.29) is 17.9 Å². The lowest BCUT2D eigenvalue weighted by atomic mass is 10.1. The number of oxime groups is 1. The lowest BCUT2D eigenvalue weighted by Gasteiger charge is -2.19. The molecule has 0 aliphatic heterocycles. The maximum absolute atomic E-state index is 13.7. The summed E-state index contributed by atoms with van der Waals surface area (Å²) in [6, 6.07) is 4.00. The summed E-state index contributed by atoms with van der Waals surface area (Å²) in [5, 5.41) is 13.8. The summed E-state index contributed by atoms with van der Waals surface area (Å²) < 4.78 is 19.0. The van der Waals surface area contributed by atoms with Crippen LogP contribution >= 0.6 is 0 Å². The third kappa shape index (κ3) is 4.51. The van der Waals surface area contributed by atoms with Crippen LogP contribution in [0.4, 0.5) is 10.1 Å². The number of benzene rings is 1. The molecule has 1 aromatic carbocycles. The Kier molecular flexibility index (Phi) is 5.04. The number of nitrogens with zero attached hydrogens (tertiary/aromatic N) is 1. The van der Waals surface area contributed by atoms with Crippen molar-refractivity contribution < 1.29 is 19.1 Å². The molecule has 20 heavy (non-hydrogen) atoms. The first-order valence-corrected chi connectivity index (χ1v) is 5.95. The molecule has 0 heterocycles. The van der Waals surface area contributed by atoms with Crippen molar-refractivity contribution in [2.75, 3.05) is 11.9 Å². The highest BCUT2D eigenvalue weighted by molar-refractivity contribution is 6.05. The molecule has 0 aliphatic rings. The van der Waals surface area contributed by atoms with E-state index in [0.29, 0.717) is 0 Å². The van der Waals surface area contributed by atoms with E-state index in [2.05, 4.69) is 10.5 Å². The smallest absolute Gasteiger partial charge is 0.250 e. The minimum atomic E-state index is -0.699. The Bertz CT molecular complexity index is 524. The van der Waals surface area contributed by atoms with E-state index >= 15 is 0 Å². The first-order valence-electron chi connectivity index (χ1n) is 5.95. The Morgan fingerprint density at radius 2 is 2.15 bits per heavy atom. The first-order chi connectivity index (χ1) is 9.24. The number of amides is 1. The summed E-state index contributed by atoms with van der Waals surface area (Å²) in [7, 11) is 0. The molecule has 0 saturated carbocycles. The fourth-order valence-electron chi connectivity index (χ4n) is 1.41. The molecule has 110 valence electrons. The van der Waals surface area contributed by atoms with Gasteiger partial charge in [0.2, 0.25) is 5.91 Å². The number of rotatable bonds is 4. The first kappa shape index (κ1) is 15.9. The summed E-state index contributed by atoms with van der Waals surface area (Å²) in [5.74, 6) is -1.58. The summed E-state index contributed by atoms with van der Waals surface area (Å²) >= 11 is 0. The van der Waals surface area contributed by atoms with Gasteiger partial charge in [-0.25, -0.2) is 4.39 Å². The molecule has 1 rings (SSSR count). The standard InChI is InChI=1S/C13H18FN3O3/c1-13(2,3)20-7-10(18)16-9-6-4-5-8(14)11(9)12(15)17-19/h4-6,19H,7H2,1-3H3,(H2,15,17)(H,16,18). The van der Waals surface area contributed by atoms with Gasteiger partial charge in [0.15, 0.2) is 5.84 Å². The third-order valence-corrected chi connectivity index (χ3v) is 2.29. The molecule has 0 aliphatic carbocycles. The minimum Gasteiger partial charge on any atom is -0.409 e. The zero-order valence-electron chi connectivity index (χ0n) is 11.6. The van der Waals surface area contributed by atoms with Crippen molar-refractivity contribution in [2.24, 2.45) is 10.9 Å². The van der Waals surface area contributed by atoms with Crippen LogP contribution in [0.3, 0.4) is 0 Å². The number of hydrogen-bond donors (Lipinski definition) is 3. The molecular formula is C13H18FN3O3. The summed E-state index contributed by atoms with van der Waals surface area (Å²) in [4.78, 5) is 11.7. The van der Waals surface area contributed by atoms with Gasteiger partial charge in [-0.15, -0.1) is 0 Å². The Balaban J connectivity index is 2.88. The molecule has 0 aromatic heterocycles. The van der Waals surface area contributed by atoms with Gasteiger partial charge in [-0.2, -0.15) is 0 Å². The zero-order valence-corrected chi connectivity index (χ0v) is 11.6. The topological polar surface area (TPSA) is 96.9 Å². The molecule has 0 unspecified atom stereocenters. The van der Waals surface area contributed by atoms with Crippen LogP contribution in [0, 0.1) is 5.82 Å². The lowest BCUT2D eigenvalue weighted by Crippen LogP contribution is -2.28. The lowest BCUT2D eigenvalue weighted by molar-refractivity contribution is -0.125. The van der Waals surface area contributed by atoms with Crippen LogP contribution in [0.2, 0.25) is 0 Å². The van der Waals surface area contributed by atoms with Crippen LogP contribution in [0.15, 0.2) is 23.4 Å². The average Bonchev–Trinajstić information content (AvgIpc) is 2.35. The molecule has 0 bridgehead atoms. The second kappa shape index (κ2) is 6.33. The molecule has 1 amide bonds. The van der Waals surface area contributed by atoms with Crippen molar-refractivity contribution in [2.45, 2.75) is 26.4 Å². The number of hydrogen-bond acceptors (Lipinski definition) is 4. The van der Waals surface area contributed by atoms with E-state index in [1.807, 2.05) is 20.8 Å². The van der Waals surface area contributed by atoms with Gasteiger partial charge in [0.05, 0.1) is 16.9 Å². The van der Waals surface area contributed by atoms with Crippen LogP contribution in [0.1, 0.15) is 26.3 Å². The molecule has 1 aromatic rings. The van der Waals surface area contributed by atoms with Crippen molar-refractivity contribution in [1.82, 2.24) is 0 Å². The predicted octanol–water partition coefficient (Wildman–Crippen LogP) is 1.67. The molecule has 0 radical (unpaired) electrons. The molecule has 0 spiro atoms. The molecular weight excluding hydrogens is 265 g/mol. The second-order valence-corrected chi connectivity index (χ2v) is 5.10. The average molecular weight is 283 g/mol. The van der Waals surface area contributed by atoms with Crippen LogP contribution in [0.25, 0.3) is 0 Å². The monoisotopic (exact) mass is 283 g/mol. The largest absolute Gasteiger partial charge is 0.409 e. The van der Waals surface area contributed by atoms with E-state index in [1.54, 1.807) is 0 Å². The van der Waals surface area contributed by atoms with Gasteiger partial charge < -0.3 is 21.0 Å². The van der Waals surface area contributed by atoms with Crippen LogP contribution < -0.4 is 11.1 Å². The van der Waals surface area contributed by atoms with Crippen LogP contribution in [-0.4, -0.2) is 29.2 Å². The van der Waals surface area contributed by atoms with Crippen molar-refractivity contribution in [1.29, 1.82) is 0 Å². The summed E-state index contributed by atoms with van der Waals surface area (Å²) in [5.41, 5.74) is 4.87. The maximum Gasteiger partial charge on any atom is 0.250 e. The number of halogens is 1. The van der Waals surface area contributed by atoms with Crippen molar-refractivity contribution in [3.05, 3.63) is 29.6 Å². The van der Waals surface area contributed by atoms with Crippen LogP contribution in [-0.2, 0) is 9.53 Å². The van der Waals surface area contributed by atoms with E-state index < -0.39 is 23.2 Å². The molecule has 0 atom stereocenters. The van der Waals surface area contributed by atoms with E-state index in [1.165, 1.54) is 12.1 Å². The predicted molar refractivity (Wildman–Crippen MR) is 73.2 cm³/mol. The second-order valence-electron chi connectivity index (χ2n) is 5.10. The third-order valence-electron chi connectivity index (χ3n) is 2.29. The molecule has 6 nitrogen and oxygen atoms in total. The highest BCUT2D eigenvalue weighted by atomic mass is 19.1. The summed E-state index contributed by atoms with van der Waals surface area (Å²) in [6.07, 6.45) is 0. The zero-order chi connectivity index (χ0) is 15.3. The molecule has 0 fully saturated rings. The highest BCUT2D eigenvalue weighted by Gasteiger charge is 2.17. The Morgan fingerprint density at radius 1 is 1.50 bits per heavy atom. The Labute approximate surface area is 116 Å². The van der Waals surface area contributed by atoms with Gasteiger partial charge in [-0.1, -0.05) is 11.2 Å². The molecule has 0 saturated heterocycles. The fourth-order valence-corrected chi connectivity index (χ4v) is 1.41.